The third-order valence-corrected chi connectivity index (χ3v) is 5.53. The zero-order chi connectivity index (χ0) is 21.3. The van der Waals surface area contributed by atoms with Crippen LogP contribution in [0.5, 0.6) is 0 Å². The SMILES string of the molecule is NC(=O)c1nc(N2CCC(C(=O)N3N=CC[C@H]3c3cncc(F)c3)CC2)ncc1Cl. The number of anilines is 1. The molecular formula is C19H19ClFN7O2. The second kappa shape index (κ2) is 8.31. The van der Waals surface area contributed by atoms with Gasteiger partial charge in [-0.3, -0.25) is 14.6 Å². The predicted molar refractivity (Wildman–Crippen MR) is 107 cm³/mol. The van der Waals surface area contributed by atoms with Crippen LogP contribution in [0, 0.1) is 11.7 Å². The Morgan fingerprint density at radius 2 is 1.97 bits per heavy atom. The van der Waals surface area contributed by atoms with Crippen molar-refractivity contribution in [2.75, 3.05) is 18.0 Å². The zero-order valence-electron chi connectivity index (χ0n) is 15.9. The van der Waals surface area contributed by atoms with Crippen molar-refractivity contribution in [1.82, 2.24) is 20.0 Å². The highest BCUT2D eigenvalue weighted by molar-refractivity contribution is 6.33. The molecule has 2 N–H and O–H groups in total. The topological polar surface area (TPSA) is 118 Å². The van der Waals surface area contributed by atoms with Crippen LogP contribution < -0.4 is 10.6 Å². The van der Waals surface area contributed by atoms with Crippen LogP contribution in [0.4, 0.5) is 10.3 Å². The Kier molecular flexibility index (Phi) is 5.58. The van der Waals surface area contributed by atoms with Crippen molar-refractivity contribution >= 4 is 35.6 Å². The van der Waals surface area contributed by atoms with Crippen molar-refractivity contribution in [3.63, 3.8) is 0 Å². The van der Waals surface area contributed by atoms with E-state index in [1.807, 2.05) is 4.90 Å². The Hall–Kier alpha value is -3.14. The summed E-state index contributed by atoms with van der Waals surface area (Å²) in [6.07, 6.45) is 7.34. The molecule has 2 aliphatic heterocycles. The highest BCUT2D eigenvalue weighted by Gasteiger charge is 2.35. The number of amides is 2. The van der Waals surface area contributed by atoms with Gasteiger partial charge in [0, 0.05) is 37.8 Å². The lowest BCUT2D eigenvalue weighted by molar-refractivity contribution is -0.138. The number of carbonyl (C=O) groups is 2. The van der Waals surface area contributed by atoms with E-state index < -0.39 is 11.7 Å². The largest absolute Gasteiger partial charge is 0.364 e. The molecule has 0 bridgehead atoms. The number of halogens is 2. The number of nitrogens with zero attached hydrogens (tertiary/aromatic N) is 6. The molecule has 0 aromatic carbocycles. The molecule has 9 nitrogen and oxygen atoms in total. The average molecular weight is 432 g/mol. The fourth-order valence-corrected chi connectivity index (χ4v) is 3.89. The van der Waals surface area contributed by atoms with Gasteiger partial charge in [-0.2, -0.15) is 5.10 Å². The summed E-state index contributed by atoms with van der Waals surface area (Å²) in [5.74, 6) is -1.16. The summed E-state index contributed by atoms with van der Waals surface area (Å²) in [7, 11) is 0. The van der Waals surface area contributed by atoms with Crippen LogP contribution in [0.3, 0.4) is 0 Å². The van der Waals surface area contributed by atoms with Gasteiger partial charge in [-0.25, -0.2) is 19.4 Å². The third-order valence-electron chi connectivity index (χ3n) is 5.26. The predicted octanol–water partition coefficient (Wildman–Crippen LogP) is 1.94. The van der Waals surface area contributed by atoms with Crippen LogP contribution >= 0.6 is 11.6 Å². The minimum absolute atomic E-state index is 0.0298. The molecule has 0 saturated carbocycles. The van der Waals surface area contributed by atoms with Crippen molar-refractivity contribution in [1.29, 1.82) is 0 Å². The van der Waals surface area contributed by atoms with E-state index in [2.05, 4.69) is 20.1 Å². The highest BCUT2D eigenvalue weighted by Crippen LogP contribution is 2.32. The standard InChI is InChI=1S/C19H19ClFN7O2/c20-14-10-24-19(26-16(14)17(22)29)27-5-2-11(3-6-27)18(30)28-15(1-4-25-28)12-7-13(21)9-23-8-12/h4,7-11,15H,1-3,5-6H2,(H2,22,29)/t15-/m0/s1. The van der Waals surface area contributed by atoms with Crippen molar-refractivity contribution in [2.45, 2.75) is 25.3 Å². The van der Waals surface area contributed by atoms with Gasteiger partial charge in [-0.05, 0) is 24.5 Å². The van der Waals surface area contributed by atoms with Gasteiger partial charge in [0.15, 0.2) is 5.69 Å². The van der Waals surface area contributed by atoms with Crippen LogP contribution in [0.1, 0.15) is 41.4 Å². The summed E-state index contributed by atoms with van der Waals surface area (Å²) in [5.41, 5.74) is 5.88. The zero-order valence-corrected chi connectivity index (χ0v) is 16.7. The normalized spacial score (nSPS) is 19.3. The van der Waals surface area contributed by atoms with Crippen LogP contribution in [-0.2, 0) is 4.79 Å². The molecule has 1 fully saturated rings. The number of aromatic nitrogens is 3. The van der Waals surface area contributed by atoms with Gasteiger partial charge in [0.25, 0.3) is 5.91 Å². The Morgan fingerprint density at radius 3 is 2.67 bits per heavy atom. The molecule has 2 aromatic rings. The second-order valence-corrected chi connectivity index (χ2v) is 7.57. The number of nitrogens with two attached hydrogens (primary N) is 1. The van der Waals surface area contributed by atoms with E-state index in [1.54, 1.807) is 12.4 Å². The molecule has 0 unspecified atom stereocenters. The molecule has 156 valence electrons. The Labute approximate surface area is 176 Å². The maximum Gasteiger partial charge on any atom is 0.269 e. The van der Waals surface area contributed by atoms with Crippen molar-refractivity contribution in [3.8, 4) is 0 Å². The molecule has 1 atom stereocenters. The monoisotopic (exact) mass is 431 g/mol. The minimum Gasteiger partial charge on any atom is -0.364 e. The smallest absolute Gasteiger partial charge is 0.269 e. The molecule has 4 heterocycles. The number of hydrogen-bond acceptors (Lipinski definition) is 7. The quantitative estimate of drug-likeness (QED) is 0.790. The minimum atomic E-state index is -0.724. The van der Waals surface area contributed by atoms with E-state index in [4.69, 9.17) is 17.3 Å². The van der Waals surface area contributed by atoms with Gasteiger partial charge in [0.05, 0.1) is 23.5 Å². The fourth-order valence-electron chi connectivity index (χ4n) is 3.71. The lowest BCUT2D eigenvalue weighted by atomic mass is 9.94. The van der Waals surface area contributed by atoms with Crippen molar-refractivity contribution in [2.24, 2.45) is 16.8 Å². The summed E-state index contributed by atoms with van der Waals surface area (Å²) in [6, 6.07) is 1.03. The molecule has 2 aromatic heterocycles. The fraction of sp³-hybridized carbons (Fsp3) is 0.368. The number of rotatable bonds is 4. The van der Waals surface area contributed by atoms with Crippen molar-refractivity contribution in [3.05, 3.63) is 46.8 Å². The summed E-state index contributed by atoms with van der Waals surface area (Å²) < 4.78 is 13.5. The maximum atomic E-state index is 13.5. The molecule has 2 aliphatic rings. The van der Waals surface area contributed by atoms with Crippen LogP contribution in [0.15, 0.2) is 29.8 Å². The molecule has 4 rings (SSSR count). The number of hydrazone groups is 1. The Bertz CT molecular complexity index is 1010. The van der Waals surface area contributed by atoms with E-state index in [1.165, 1.54) is 17.3 Å². The van der Waals surface area contributed by atoms with Crippen LogP contribution in [0.2, 0.25) is 5.02 Å². The lowest BCUT2D eigenvalue weighted by Gasteiger charge is -2.33. The summed E-state index contributed by atoms with van der Waals surface area (Å²) in [6.45, 7) is 1.06. The van der Waals surface area contributed by atoms with E-state index in [-0.39, 0.29) is 28.6 Å². The number of piperidine rings is 1. The van der Waals surface area contributed by atoms with Gasteiger partial charge in [-0.1, -0.05) is 11.6 Å². The summed E-state index contributed by atoms with van der Waals surface area (Å²) in [5, 5.41) is 5.75. The lowest BCUT2D eigenvalue weighted by Crippen LogP contribution is -2.41. The van der Waals surface area contributed by atoms with Gasteiger partial charge in [0.2, 0.25) is 11.9 Å². The Morgan fingerprint density at radius 1 is 1.20 bits per heavy atom. The summed E-state index contributed by atoms with van der Waals surface area (Å²) in [4.78, 5) is 38.6. The van der Waals surface area contributed by atoms with Gasteiger partial charge in [-0.15, -0.1) is 0 Å². The molecule has 0 radical (unpaired) electrons. The van der Waals surface area contributed by atoms with Crippen molar-refractivity contribution < 1.29 is 14.0 Å². The molecule has 2 amide bonds. The maximum absolute atomic E-state index is 13.5. The van der Waals surface area contributed by atoms with Gasteiger partial charge >= 0.3 is 0 Å². The van der Waals surface area contributed by atoms with Gasteiger partial charge < -0.3 is 10.6 Å². The Balaban J connectivity index is 1.43. The molecule has 1 saturated heterocycles. The van der Waals surface area contributed by atoms with Gasteiger partial charge in [0.1, 0.15) is 5.82 Å². The molecule has 0 aliphatic carbocycles. The molecule has 11 heteroatoms. The molecular weight excluding hydrogens is 413 g/mol. The van der Waals surface area contributed by atoms with E-state index in [0.717, 1.165) is 6.20 Å². The van der Waals surface area contributed by atoms with Crippen LogP contribution in [0.25, 0.3) is 0 Å². The van der Waals surface area contributed by atoms with E-state index >= 15 is 0 Å². The third kappa shape index (κ3) is 3.95. The highest BCUT2D eigenvalue weighted by atomic mass is 35.5. The summed E-state index contributed by atoms with van der Waals surface area (Å²) >= 11 is 5.91. The average Bonchev–Trinajstić information content (AvgIpc) is 3.23. The number of hydrogen-bond donors (Lipinski definition) is 1. The van der Waals surface area contributed by atoms with E-state index in [9.17, 15) is 14.0 Å². The number of pyridine rings is 1. The molecule has 30 heavy (non-hydrogen) atoms. The van der Waals surface area contributed by atoms with E-state index in [0.29, 0.717) is 43.9 Å². The number of carbonyl (C=O) groups excluding carboxylic acids is 2. The first kappa shape index (κ1) is 20.1. The molecule has 0 spiro atoms. The first-order valence-electron chi connectivity index (χ1n) is 9.47. The van der Waals surface area contributed by atoms with Crippen LogP contribution in [-0.4, -0.2) is 51.1 Å². The number of primary amides is 1. The second-order valence-electron chi connectivity index (χ2n) is 7.16. The first-order valence-corrected chi connectivity index (χ1v) is 9.85. The first-order chi connectivity index (χ1) is 14.4.